The van der Waals surface area contributed by atoms with Gasteiger partial charge in [-0.3, -0.25) is 14.5 Å². The van der Waals surface area contributed by atoms with Gasteiger partial charge in [0.15, 0.2) is 5.76 Å². The number of nitrogens with zero attached hydrogens (tertiary/aromatic N) is 3. The summed E-state index contributed by atoms with van der Waals surface area (Å²) in [6.45, 7) is 2.73. The fraction of sp³-hybridized carbons (Fsp3) is 0.371. The van der Waals surface area contributed by atoms with Gasteiger partial charge in [0.1, 0.15) is 11.3 Å². The van der Waals surface area contributed by atoms with Gasteiger partial charge < -0.3 is 24.3 Å². The highest BCUT2D eigenvalue weighted by Crippen LogP contribution is 2.38. The van der Waals surface area contributed by atoms with Crippen LogP contribution in [0, 0.1) is 0 Å². The highest BCUT2D eigenvalue weighted by atomic mass is 19.4. The van der Waals surface area contributed by atoms with Crippen molar-refractivity contribution in [2.75, 3.05) is 51.3 Å². The number of hydrogen-bond acceptors (Lipinski definition) is 6. The van der Waals surface area contributed by atoms with Crippen molar-refractivity contribution < 1.29 is 45.1 Å². The van der Waals surface area contributed by atoms with E-state index in [9.17, 15) is 35.9 Å². The van der Waals surface area contributed by atoms with E-state index < -0.39 is 23.5 Å². The maximum absolute atomic E-state index is 13.3. The van der Waals surface area contributed by atoms with Crippen LogP contribution in [0.15, 0.2) is 71.1 Å². The van der Waals surface area contributed by atoms with E-state index in [0.717, 1.165) is 38.2 Å². The highest BCUT2D eigenvalue weighted by Gasteiger charge is 2.38. The first kappa shape index (κ1) is 34.2. The molecule has 0 aliphatic carbocycles. The summed E-state index contributed by atoms with van der Waals surface area (Å²) in [6, 6.07) is 15.7. The molecule has 0 bridgehead atoms. The van der Waals surface area contributed by atoms with E-state index in [1.807, 2.05) is 24.3 Å². The minimum Gasteiger partial charge on any atom is -0.497 e. The molecule has 2 aliphatic heterocycles. The summed E-state index contributed by atoms with van der Waals surface area (Å²) in [5.74, 6) is 0.226. The molecule has 6 rings (SSSR count). The molecule has 49 heavy (non-hydrogen) atoms. The molecule has 3 heterocycles. The molecule has 4 aromatic rings. The maximum Gasteiger partial charge on any atom is 0.416 e. The van der Waals surface area contributed by atoms with Gasteiger partial charge >= 0.3 is 12.4 Å². The van der Waals surface area contributed by atoms with E-state index in [1.54, 1.807) is 31.4 Å². The molecule has 2 fully saturated rings. The van der Waals surface area contributed by atoms with Crippen LogP contribution in [-0.4, -0.2) is 74.0 Å². The van der Waals surface area contributed by atoms with Crippen molar-refractivity contribution in [1.82, 2.24) is 15.1 Å². The molecule has 0 radical (unpaired) electrons. The number of furan rings is 1. The van der Waals surface area contributed by atoms with Crippen molar-refractivity contribution in [3.05, 3.63) is 94.7 Å². The van der Waals surface area contributed by atoms with Crippen LogP contribution in [0.4, 0.5) is 32.0 Å². The molecule has 2 saturated heterocycles. The predicted octanol–water partition coefficient (Wildman–Crippen LogP) is 6.84. The monoisotopic (exact) mass is 688 g/mol. The molecule has 0 saturated carbocycles. The van der Waals surface area contributed by atoms with Crippen LogP contribution in [-0.2, 0) is 18.9 Å². The van der Waals surface area contributed by atoms with Crippen LogP contribution in [0.3, 0.4) is 0 Å². The number of anilines is 1. The number of hydrogen-bond donors (Lipinski definition) is 1. The number of carbonyl (C=O) groups excluding carboxylic acids is 2. The van der Waals surface area contributed by atoms with Gasteiger partial charge in [-0.1, -0.05) is 12.1 Å². The molecule has 2 aliphatic rings. The Hall–Kier alpha value is -4.72. The Kier molecular flexibility index (Phi) is 9.52. The Bertz CT molecular complexity index is 1770. The predicted molar refractivity (Wildman–Crippen MR) is 170 cm³/mol. The molecule has 3 aromatic carbocycles. The number of amides is 2. The summed E-state index contributed by atoms with van der Waals surface area (Å²) in [4.78, 5) is 31.6. The average Bonchev–Trinajstić information content (AvgIpc) is 3.52. The SMILES string of the molecule is COc1ccc(CN2CCC(NC(=O)c3cc4cc(C(=O)N5CCN(c6cc(C(F)(F)F)cc(C(F)(F)F)c6)CC5)ccc4o3)CC2)cc1. The molecule has 1 N–H and O–H groups in total. The molecule has 14 heteroatoms. The smallest absolute Gasteiger partial charge is 0.416 e. The fourth-order valence-corrected chi connectivity index (χ4v) is 6.24. The Morgan fingerprint density at radius 1 is 0.816 bits per heavy atom. The average molecular weight is 689 g/mol. The molecular formula is C35H34F6N4O4. The van der Waals surface area contributed by atoms with Gasteiger partial charge in [-0.15, -0.1) is 0 Å². The molecule has 8 nitrogen and oxygen atoms in total. The van der Waals surface area contributed by atoms with E-state index in [0.29, 0.717) is 28.7 Å². The molecule has 1 aromatic heterocycles. The molecule has 0 unspecified atom stereocenters. The van der Waals surface area contributed by atoms with Gasteiger partial charge in [0, 0.05) is 68.5 Å². The third kappa shape index (κ3) is 7.96. The number of methoxy groups -OCH3 is 1. The van der Waals surface area contributed by atoms with Crippen LogP contribution in [0.5, 0.6) is 5.75 Å². The lowest BCUT2D eigenvalue weighted by Crippen LogP contribution is -2.48. The fourth-order valence-electron chi connectivity index (χ4n) is 6.24. The van der Waals surface area contributed by atoms with Gasteiger partial charge in [0.2, 0.25) is 0 Å². The zero-order valence-corrected chi connectivity index (χ0v) is 26.5. The number of benzene rings is 3. The third-order valence-corrected chi connectivity index (χ3v) is 8.98. The number of piperazine rings is 1. The summed E-state index contributed by atoms with van der Waals surface area (Å²) in [5.41, 5.74) is -1.06. The van der Waals surface area contributed by atoms with Crippen LogP contribution in [0.2, 0.25) is 0 Å². The third-order valence-electron chi connectivity index (χ3n) is 8.98. The number of piperidine rings is 1. The maximum atomic E-state index is 13.3. The van der Waals surface area contributed by atoms with E-state index in [1.165, 1.54) is 15.4 Å². The van der Waals surface area contributed by atoms with Gasteiger partial charge in [-0.2, -0.15) is 26.3 Å². The summed E-state index contributed by atoms with van der Waals surface area (Å²) in [6.07, 6.45) is -8.33. The summed E-state index contributed by atoms with van der Waals surface area (Å²) >= 11 is 0. The molecular weight excluding hydrogens is 654 g/mol. The van der Waals surface area contributed by atoms with Crippen molar-refractivity contribution in [3.63, 3.8) is 0 Å². The minimum atomic E-state index is -4.95. The van der Waals surface area contributed by atoms with Crippen molar-refractivity contribution in [2.24, 2.45) is 0 Å². The lowest BCUT2D eigenvalue weighted by Gasteiger charge is -2.36. The quantitative estimate of drug-likeness (QED) is 0.215. The lowest BCUT2D eigenvalue weighted by molar-refractivity contribution is -0.143. The first-order valence-electron chi connectivity index (χ1n) is 15.8. The lowest BCUT2D eigenvalue weighted by atomic mass is 10.0. The number of halogens is 6. The number of fused-ring (bicyclic) bond motifs is 1. The normalized spacial score (nSPS) is 16.6. The molecule has 260 valence electrons. The van der Waals surface area contributed by atoms with Crippen LogP contribution >= 0.6 is 0 Å². The van der Waals surface area contributed by atoms with E-state index in [2.05, 4.69) is 10.2 Å². The first-order valence-corrected chi connectivity index (χ1v) is 15.8. The molecule has 0 spiro atoms. The van der Waals surface area contributed by atoms with Gasteiger partial charge in [0.05, 0.1) is 18.2 Å². The van der Waals surface area contributed by atoms with Gasteiger partial charge in [-0.05, 0) is 73.0 Å². The largest absolute Gasteiger partial charge is 0.497 e. The number of likely N-dealkylation sites (tertiary alicyclic amines) is 1. The summed E-state index contributed by atoms with van der Waals surface area (Å²) in [5, 5.41) is 3.59. The Balaban J connectivity index is 1.04. The van der Waals surface area contributed by atoms with Gasteiger partial charge in [0.25, 0.3) is 11.8 Å². The molecule has 2 amide bonds. The summed E-state index contributed by atoms with van der Waals surface area (Å²) < 4.78 is 91.0. The van der Waals surface area contributed by atoms with Crippen molar-refractivity contribution >= 4 is 28.5 Å². The zero-order chi connectivity index (χ0) is 34.9. The Labute approximate surface area is 278 Å². The van der Waals surface area contributed by atoms with Crippen molar-refractivity contribution in [2.45, 2.75) is 37.8 Å². The molecule has 0 atom stereocenters. The first-order chi connectivity index (χ1) is 23.3. The number of rotatable bonds is 7. The van der Waals surface area contributed by atoms with Crippen molar-refractivity contribution in [3.8, 4) is 5.75 Å². The van der Waals surface area contributed by atoms with E-state index >= 15 is 0 Å². The van der Waals surface area contributed by atoms with Crippen molar-refractivity contribution in [1.29, 1.82) is 0 Å². The van der Waals surface area contributed by atoms with Crippen LogP contribution in [0.1, 0.15) is 50.4 Å². The Morgan fingerprint density at radius 3 is 2.04 bits per heavy atom. The standard InChI is InChI=1S/C35H34F6N4O4/c1-48-29-5-2-22(3-6-29)21-43-10-8-27(9-11-43)42-32(46)31-17-24-16-23(4-7-30(24)49-31)33(47)45-14-12-44(13-15-45)28-19-25(34(36,37)38)18-26(20-28)35(39,40)41/h2-7,16-20,27H,8-15,21H2,1H3,(H,42,46). The number of alkyl halides is 6. The van der Waals surface area contributed by atoms with E-state index in [4.69, 9.17) is 9.15 Å². The Morgan fingerprint density at radius 2 is 1.45 bits per heavy atom. The number of carbonyl (C=O) groups is 2. The van der Waals surface area contributed by atoms with E-state index in [-0.39, 0.29) is 61.5 Å². The van der Waals surface area contributed by atoms with Crippen LogP contribution in [0.25, 0.3) is 11.0 Å². The summed E-state index contributed by atoms with van der Waals surface area (Å²) in [7, 11) is 1.63. The zero-order valence-electron chi connectivity index (χ0n) is 26.5. The van der Waals surface area contributed by atoms with Crippen LogP contribution < -0.4 is 15.0 Å². The number of ether oxygens (including phenoxy) is 1. The second-order valence-corrected chi connectivity index (χ2v) is 12.3. The highest BCUT2D eigenvalue weighted by molar-refractivity contribution is 6.00. The van der Waals surface area contributed by atoms with Gasteiger partial charge in [-0.25, -0.2) is 0 Å². The second kappa shape index (κ2) is 13.7. The second-order valence-electron chi connectivity index (χ2n) is 12.3. The number of nitrogens with one attached hydrogen (secondary N) is 1. The minimum absolute atomic E-state index is 0.0142. The topological polar surface area (TPSA) is 78.3 Å².